The predicted octanol–water partition coefficient (Wildman–Crippen LogP) is 5.42. The van der Waals surface area contributed by atoms with E-state index in [9.17, 15) is 9.59 Å². The highest BCUT2D eigenvalue weighted by molar-refractivity contribution is 5.98. The molecule has 6 heteroatoms. The number of carbonyl (C=O) groups excluding carboxylic acids is 2. The zero-order valence-electron chi connectivity index (χ0n) is 19.8. The smallest absolute Gasteiger partial charge is 0.253 e. The first-order chi connectivity index (χ1) is 15.4. The van der Waals surface area contributed by atoms with Gasteiger partial charge in [-0.2, -0.15) is 0 Å². The van der Waals surface area contributed by atoms with Crippen molar-refractivity contribution in [2.24, 2.45) is 5.92 Å². The highest BCUT2D eigenvalue weighted by Gasteiger charge is 2.15. The topological polar surface area (TPSA) is 70.7 Å². The lowest BCUT2D eigenvalue weighted by Gasteiger charge is -2.21. The Morgan fingerprint density at radius 3 is 2.34 bits per heavy atom. The third-order valence-electron chi connectivity index (χ3n) is 4.92. The van der Waals surface area contributed by atoms with Crippen LogP contribution in [0.25, 0.3) is 0 Å². The van der Waals surface area contributed by atoms with Gasteiger partial charge in [0.25, 0.3) is 5.91 Å². The van der Waals surface area contributed by atoms with Crippen molar-refractivity contribution in [1.29, 1.82) is 0 Å². The van der Waals surface area contributed by atoms with Crippen LogP contribution < -0.4 is 15.4 Å². The molecule has 0 spiro atoms. The number of benzene rings is 2. The number of hydrogen-bond acceptors (Lipinski definition) is 4. The SMILES string of the molecule is CCCN(CCC)C(=O)c1cccc(NC(=O)CNc2cccc(OCCC(C)C)c2)c1. The van der Waals surface area contributed by atoms with Crippen molar-refractivity contribution in [3.05, 3.63) is 54.1 Å². The molecular weight excluding hydrogens is 402 g/mol. The Hall–Kier alpha value is -3.02. The maximum absolute atomic E-state index is 12.8. The molecule has 0 aliphatic heterocycles. The van der Waals surface area contributed by atoms with Crippen molar-refractivity contribution in [2.75, 3.05) is 36.9 Å². The summed E-state index contributed by atoms with van der Waals surface area (Å²) in [5.74, 6) is 1.19. The largest absolute Gasteiger partial charge is 0.494 e. The number of anilines is 2. The second-order valence-corrected chi connectivity index (χ2v) is 8.33. The van der Waals surface area contributed by atoms with E-state index in [1.807, 2.05) is 29.2 Å². The van der Waals surface area contributed by atoms with Gasteiger partial charge in [-0.15, -0.1) is 0 Å². The normalized spacial score (nSPS) is 10.7. The Labute approximate surface area is 192 Å². The molecule has 0 aliphatic rings. The molecule has 0 heterocycles. The highest BCUT2D eigenvalue weighted by Crippen LogP contribution is 2.18. The molecule has 0 saturated heterocycles. The zero-order chi connectivity index (χ0) is 23.3. The fraction of sp³-hybridized carbons (Fsp3) is 0.462. The van der Waals surface area contributed by atoms with Gasteiger partial charge >= 0.3 is 0 Å². The van der Waals surface area contributed by atoms with Crippen LogP contribution in [0.4, 0.5) is 11.4 Å². The molecule has 32 heavy (non-hydrogen) atoms. The first-order valence-electron chi connectivity index (χ1n) is 11.6. The standard InChI is InChI=1S/C26H37N3O3/c1-5-14-29(15-6-2)26(31)21-9-7-11-23(17-21)28-25(30)19-27-22-10-8-12-24(18-22)32-16-13-20(3)4/h7-12,17-18,20,27H,5-6,13-16,19H2,1-4H3,(H,28,30). The molecule has 0 atom stereocenters. The minimum atomic E-state index is -0.181. The first kappa shape index (κ1) is 25.2. The van der Waals surface area contributed by atoms with Crippen LogP contribution in [0.5, 0.6) is 5.75 Å². The Morgan fingerprint density at radius 1 is 0.969 bits per heavy atom. The summed E-state index contributed by atoms with van der Waals surface area (Å²) in [6.07, 6.45) is 2.83. The fourth-order valence-electron chi connectivity index (χ4n) is 3.26. The Kier molecular flexibility index (Phi) is 10.6. The summed E-state index contributed by atoms with van der Waals surface area (Å²) in [5, 5.41) is 5.99. The second-order valence-electron chi connectivity index (χ2n) is 8.33. The van der Waals surface area contributed by atoms with E-state index in [0.29, 0.717) is 23.8 Å². The molecule has 174 valence electrons. The molecular formula is C26H37N3O3. The van der Waals surface area contributed by atoms with Crippen LogP contribution in [0.1, 0.15) is 57.3 Å². The molecule has 0 bridgehead atoms. The number of nitrogens with one attached hydrogen (secondary N) is 2. The van der Waals surface area contributed by atoms with Gasteiger partial charge in [0.05, 0.1) is 13.2 Å². The maximum Gasteiger partial charge on any atom is 0.253 e. The lowest BCUT2D eigenvalue weighted by Crippen LogP contribution is -2.32. The number of amides is 2. The van der Waals surface area contributed by atoms with Crippen molar-refractivity contribution in [3.63, 3.8) is 0 Å². The van der Waals surface area contributed by atoms with Gasteiger partial charge in [-0.1, -0.05) is 39.8 Å². The lowest BCUT2D eigenvalue weighted by atomic mass is 10.1. The molecule has 0 aromatic heterocycles. The van der Waals surface area contributed by atoms with Crippen LogP contribution in [0.2, 0.25) is 0 Å². The highest BCUT2D eigenvalue weighted by atomic mass is 16.5. The Bertz CT molecular complexity index is 861. The van der Waals surface area contributed by atoms with Crippen LogP contribution in [0, 0.1) is 5.92 Å². The number of ether oxygens (including phenoxy) is 1. The average Bonchev–Trinajstić information content (AvgIpc) is 2.77. The molecule has 0 fully saturated rings. The summed E-state index contributed by atoms with van der Waals surface area (Å²) in [6, 6.07) is 14.7. The van der Waals surface area contributed by atoms with Gasteiger partial charge < -0.3 is 20.3 Å². The Morgan fingerprint density at radius 2 is 1.66 bits per heavy atom. The van der Waals surface area contributed by atoms with E-state index in [2.05, 4.69) is 38.3 Å². The molecule has 0 unspecified atom stereocenters. The van der Waals surface area contributed by atoms with Gasteiger partial charge in [-0.05, 0) is 55.5 Å². The van der Waals surface area contributed by atoms with Crippen molar-refractivity contribution >= 4 is 23.2 Å². The number of hydrogen-bond donors (Lipinski definition) is 2. The number of nitrogens with zero attached hydrogens (tertiary/aromatic N) is 1. The fourth-order valence-corrected chi connectivity index (χ4v) is 3.26. The summed E-state index contributed by atoms with van der Waals surface area (Å²) in [7, 11) is 0. The van der Waals surface area contributed by atoms with Crippen LogP contribution in [0.15, 0.2) is 48.5 Å². The van der Waals surface area contributed by atoms with Gasteiger partial charge in [0.15, 0.2) is 0 Å². The van der Waals surface area contributed by atoms with Gasteiger partial charge in [-0.25, -0.2) is 0 Å². The summed E-state index contributed by atoms with van der Waals surface area (Å²) >= 11 is 0. The van der Waals surface area contributed by atoms with E-state index in [1.165, 1.54) is 0 Å². The third-order valence-corrected chi connectivity index (χ3v) is 4.92. The quantitative estimate of drug-likeness (QED) is 0.437. The molecule has 0 saturated carbocycles. The van der Waals surface area contributed by atoms with Crippen molar-refractivity contribution in [2.45, 2.75) is 47.0 Å². The second kappa shape index (κ2) is 13.4. The zero-order valence-corrected chi connectivity index (χ0v) is 19.8. The summed E-state index contributed by atoms with van der Waals surface area (Å²) in [6.45, 7) is 10.7. The number of carbonyl (C=O) groups is 2. The average molecular weight is 440 g/mol. The van der Waals surface area contributed by atoms with E-state index in [-0.39, 0.29) is 18.4 Å². The first-order valence-corrected chi connectivity index (χ1v) is 11.6. The minimum Gasteiger partial charge on any atom is -0.494 e. The van der Waals surface area contributed by atoms with Crippen LogP contribution in [0.3, 0.4) is 0 Å². The molecule has 0 aliphatic carbocycles. The molecule has 0 radical (unpaired) electrons. The molecule has 6 nitrogen and oxygen atoms in total. The predicted molar refractivity (Wildman–Crippen MR) is 131 cm³/mol. The van der Waals surface area contributed by atoms with Crippen LogP contribution in [-0.2, 0) is 4.79 Å². The molecule has 2 aromatic carbocycles. The molecule has 2 rings (SSSR count). The van der Waals surface area contributed by atoms with Gasteiger partial charge in [0.1, 0.15) is 5.75 Å². The maximum atomic E-state index is 12.8. The number of rotatable bonds is 13. The molecule has 2 aromatic rings. The summed E-state index contributed by atoms with van der Waals surface area (Å²) in [4.78, 5) is 27.1. The van der Waals surface area contributed by atoms with E-state index >= 15 is 0 Å². The van der Waals surface area contributed by atoms with E-state index in [1.54, 1.807) is 24.3 Å². The monoisotopic (exact) mass is 439 g/mol. The van der Waals surface area contributed by atoms with Crippen LogP contribution >= 0.6 is 0 Å². The van der Waals surface area contributed by atoms with E-state index in [0.717, 1.165) is 43.8 Å². The van der Waals surface area contributed by atoms with Gasteiger partial charge in [0, 0.05) is 36.1 Å². The lowest BCUT2D eigenvalue weighted by molar-refractivity contribution is -0.114. The third kappa shape index (κ3) is 8.61. The van der Waals surface area contributed by atoms with Crippen molar-refractivity contribution in [3.8, 4) is 5.75 Å². The summed E-state index contributed by atoms with van der Waals surface area (Å²) in [5.41, 5.74) is 2.02. The van der Waals surface area contributed by atoms with Crippen molar-refractivity contribution < 1.29 is 14.3 Å². The van der Waals surface area contributed by atoms with Gasteiger partial charge in [0.2, 0.25) is 5.91 Å². The van der Waals surface area contributed by atoms with E-state index in [4.69, 9.17) is 4.74 Å². The van der Waals surface area contributed by atoms with Gasteiger partial charge in [-0.3, -0.25) is 9.59 Å². The van der Waals surface area contributed by atoms with Crippen LogP contribution in [-0.4, -0.2) is 43.0 Å². The molecule has 2 N–H and O–H groups in total. The summed E-state index contributed by atoms with van der Waals surface area (Å²) < 4.78 is 5.77. The molecule has 2 amide bonds. The van der Waals surface area contributed by atoms with E-state index < -0.39 is 0 Å². The Balaban J connectivity index is 1.91. The van der Waals surface area contributed by atoms with Crippen molar-refractivity contribution in [1.82, 2.24) is 4.90 Å². The minimum absolute atomic E-state index is 0.00259.